The van der Waals surface area contributed by atoms with E-state index in [4.69, 9.17) is 9.72 Å². The monoisotopic (exact) mass is 292 g/mol. The number of aromatic nitrogens is 2. The summed E-state index contributed by atoms with van der Waals surface area (Å²) >= 11 is 0. The predicted molar refractivity (Wildman–Crippen MR) is 84.3 cm³/mol. The summed E-state index contributed by atoms with van der Waals surface area (Å²) in [5, 5.41) is 3.41. The van der Waals surface area contributed by atoms with Crippen molar-refractivity contribution in [3.63, 3.8) is 0 Å². The number of hydrogen-bond donors (Lipinski definition) is 1. The summed E-state index contributed by atoms with van der Waals surface area (Å²) in [6.45, 7) is 13.3. The number of rotatable bonds is 6. The third kappa shape index (κ3) is 4.22. The summed E-state index contributed by atoms with van der Waals surface area (Å²) in [4.78, 5) is 11.7. The molecule has 0 saturated carbocycles. The van der Waals surface area contributed by atoms with Crippen molar-refractivity contribution >= 4 is 0 Å². The average molecular weight is 292 g/mol. The van der Waals surface area contributed by atoms with E-state index in [1.807, 2.05) is 6.20 Å². The number of nitrogens with zero attached hydrogens (tertiary/aromatic N) is 3. The molecule has 21 heavy (non-hydrogen) atoms. The topological polar surface area (TPSA) is 50.3 Å². The van der Waals surface area contributed by atoms with Gasteiger partial charge in [0.2, 0.25) is 0 Å². The van der Waals surface area contributed by atoms with Gasteiger partial charge in [-0.15, -0.1) is 0 Å². The Bertz CT molecular complexity index is 450. The Morgan fingerprint density at radius 2 is 2.29 bits per heavy atom. The van der Waals surface area contributed by atoms with Gasteiger partial charge in [-0.05, 0) is 33.4 Å². The number of nitrogens with one attached hydrogen (secondary N) is 1. The smallest absolute Gasteiger partial charge is 0.158 e. The van der Waals surface area contributed by atoms with Gasteiger partial charge in [0, 0.05) is 36.6 Å². The minimum absolute atomic E-state index is 0.00694. The van der Waals surface area contributed by atoms with Crippen LogP contribution < -0.4 is 5.32 Å². The highest BCUT2D eigenvalue weighted by atomic mass is 16.5. The standard InChI is InChI=1S/C16H28N4O/c1-5-7-20-8-9-21-15(11-20)16-18-10-14(13(4)19-16)12(3)17-6-2/h10,12,15,17H,5-9,11H2,1-4H3. The molecule has 2 atom stereocenters. The van der Waals surface area contributed by atoms with Crippen molar-refractivity contribution in [3.8, 4) is 0 Å². The number of ether oxygens (including phenoxy) is 1. The van der Waals surface area contributed by atoms with E-state index in [0.29, 0.717) is 0 Å². The van der Waals surface area contributed by atoms with E-state index in [1.54, 1.807) is 0 Å². The lowest BCUT2D eigenvalue weighted by Gasteiger charge is -2.32. The Kier molecular flexibility index (Phi) is 6.08. The zero-order valence-electron chi connectivity index (χ0n) is 13.7. The number of morpholine rings is 1. The van der Waals surface area contributed by atoms with Crippen LogP contribution in [0.3, 0.4) is 0 Å². The Morgan fingerprint density at radius 1 is 1.48 bits per heavy atom. The van der Waals surface area contributed by atoms with E-state index in [0.717, 1.165) is 44.3 Å². The maximum Gasteiger partial charge on any atom is 0.158 e. The van der Waals surface area contributed by atoms with Crippen molar-refractivity contribution in [2.45, 2.75) is 46.3 Å². The van der Waals surface area contributed by atoms with Crippen molar-refractivity contribution < 1.29 is 4.74 Å². The van der Waals surface area contributed by atoms with Crippen molar-refractivity contribution in [2.75, 3.05) is 32.8 Å². The highest BCUT2D eigenvalue weighted by Gasteiger charge is 2.24. The summed E-state index contributed by atoms with van der Waals surface area (Å²) in [5.74, 6) is 0.820. The highest BCUT2D eigenvalue weighted by molar-refractivity contribution is 5.20. The van der Waals surface area contributed by atoms with Crippen LogP contribution in [0.15, 0.2) is 6.20 Å². The molecule has 0 radical (unpaired) electrons. The molecule has 0 aliphatic carbocycles. The van der Waals surface area contributed by atoms with Crippen LogP contribution >= 0.6 is 0 Å². The van der Waals surface area contributed by atoms with E-state index in [-0.39, 0.29) is 12.1 Å². The molecule has 0 bridgehead atoms. The van der Waals surface area contributed by atoms with Crippen molar-refractivity contribution in [1.82, 2.24) is 20.2 Å². The maximum atomic E-state index is 5.86. The molecule has 2 rings (SSSR count). The fraction of sp³-hybridized carbons (Fsp3) is 0.750. The molecule has 1 N–H and O–H groups in total. The summed E-state index contributed by atoms with van der Waals surface area (Å²) in [6, 6.07) is 0.285. The average Bonchev–Trinajstić information content (AvgIpc) is 2.48. The Morgan fingerprint density at radius 3 is 2.95 bits per heavy atom. The van der Waals surface area contributed by atoms with Gasteiger partial charge in [0.05, 0.1) is 6.61 Å². The first kappa shape index (κ1) is 16.3. The molecule has 1 saturated heterocycles. The molecule has 1 aromatic rings. The molecule has 1 fully saturated rings. The number of hydrogen-bond acceptors (Lipinski definition) is 5. The van der Waals surface area contributed by atoms with Crippen LogP contribution in [-0.2, 0) is 4.74 Å². The molecule has 5 nitrogen and oxygen atoms in total. The molecule has 0 aromatic carbocycles. The van der Waals surface area contributed by atoms with E-state index >= 15 is 0 Å². The zero-order valence-corrected chi connectivity index (χ0v) is 13.7. The Hall–Kier alpha value is -1.04. The quantitative estimate of drug-likeness (QED) is 0.871. The first-order valence-electron chi connectivity index (χ1n) is 8.06. The van der Waals surface area contributed by atoms with Gasteiger partial charge in [-0.3, -0.25) is 4.90 Å². The van der Waals surface area contributed by atoms with Gasteiger partial charge in [-0.1, -0.05) is 13.8 Å². The van der Waals surface area contributed by atoms with Gasteiger partial charge in [-0.2, -0.15) is 0 Å². The van der Waals surface area contributed by atoms with Gasteiger partial charge >= 0.3 is 0 Å². The SMILES string of the molecule is CCCN1CCOC(c2ncc(C(C)NCC)c(C)n2)C1. The van der Waals surface area contributed by atoms with E-state index in [1.165, 1.54) is 12.0 Å². The van der Waals surface area contributed by atoms with E-state index < -0.39 is 0 Å². The molecule has 2 heterocycles. The first-order chi connectivity index (χ1) is 10.2. The molecule has 1 aliphatic rings. The molecular formula is C16H28N4O. The maximum absolute atomic E-state index is 5.86. The summed E-state index contributed by atoms with van der Waals surface area (Å²) < 4.78 is 5.86. The molecule has 0 amide bonds. The Balaban J connectivity index is 2.08. The molecule has 0 spiro atoms. The van der Waals surface area contributed by atoms with Gasteiger partial charge in [-0.25, -0.2) is 9.97 Å². The first-order valence-corrected chi connectivity index (χ1v) is 8.06. The Labute approximate surface area is 128 Å². The minimum atomic E-state index is 0.00694. The van der Waals surface area contributed by atoms with Crippen LogP contribution in [0.2, 0.25) is 0 Å². The molecule has 118 valence electrons. The second-order valence-corrected chi connectivity index (χ2v) is 5.71. The third-order valence-electron chi connectivity index (χ3n) is 3.99. The molecule has 5 heteroatoms. The van der Waals surface area contributed by atoms with Crippen LogP contribution in [0.1, 0.15) is 56.4 Å². The van der Waals surface area contributed by atoms with Crippen molar-refractivity contribution in [2.24, 2.45) is 0 Å². The van der Waals surface area contributed by atoms with Crippen molar-refractivity contribution in [1.29, 1.82) is 0 Å². The number of aryl methyl sites for hydroxylation is 1. The van der Waals surface area contributed by atoms with E-state index in [2.05, 4.69) is 42.9 Å². The summed E-state index contributed by atoms with van der Waals surface area (Å²) in [6.07, 6.45) is 3.13. The van der Waals surface area contributed by atoms with Crippen LogP contribution in [-0.4, -0.2) is 47.7 Å². The third-order valence-corrected chi connectivity index (χ3v) is 3.99. The fourth-order valence-electron chi connectivity index (χ4n) is 2.87. The van der Waals surface area contributed by atoms with E-state index in [9.17, 15) is 0 Å². The van der Waals surface area contributed by atoms with Gasteiger partial charge in [0.1, 0.15) is 6.10 Å². The van der Waals surface area contributed by atoms with Gasteiger partial charge < -0.3 is 10.1 Å². The summed E-state index contributed by atoms with van der Waals surface area (Å²) in [5.41, 5.74) is 2.21. The van der Waals surface area contributed by atoms with Crippen LogP contribution in [0.25, 0.3) is 0 Å². The van der Waals surface area contributed by atoms with Gasteiger partial charge in [0.15, 0.2) is 5.82 Å². The fourth-order valence-corrected chi connectivity index (χ4v) is 2.87. The lowest BCUT2D eigenvalue weighted by molar-refractivity contribution is -0.0343. The molecular weight excluding hydrogens is 264 g/mol. The van der Waals surface area contributed by atoms with Gasteiger partial charge in [0.25, 0.3) is 0 Å². The largest absolute Gasteiger partial charge is 0.368 e. The second kappa shape index (κ2) is 7.82. The van der Waals surface area contributed by atoms with Crippen molar-refractivity contribution in [3.05, 3.63) is 23.3 Å². The normalized spacial score (nSPS) is 21.4. The summed E-state index contributed by atoms with van der Waals surface area (Å²) in [7, 11) is 0. The molecule has 1 aromatic heterocycles. The lowest BCUT2D eigenvalue weighted by Crippen LogP contribution is -2.39. The predicted octanol–water partition coefficient (Wildman–Crippen LogP) is 2.24. The second-order valence-electron chi connectivity index (χ2n) is 5.71. The molecule has 1 aliphatic heterocycles. The highest BCUT2D eigenvalue weighted by Crippen LogP contribution is 2.22. The minimum Gasteiger partial charge on any atom is -0.368 e. The van der Waals surface area contributed by atoms with Crippen LogP contribution in [0, 0.1) is 6.92 Å². The molecule has 2 unspecified atom stereocenters. The van der Waals surface area contributed by atoms with Crippen LogP contribution in [0.5, 0.6) is 0 Å². The van der Waals surface area contributed by atoms with Crippen LogP contribution in [0.4, 0.5) is 0 Å². The lowest BCUT2D eigenvalue weighted by atomic mass is 10.1. The zero-order chi connectivity index (χ0) is 15.2.